The van der Waals surface area contributed by atoms with Crippen molar-refractivity contribution in [3.05, 3.63) is 46.0 Å². The number of anilines is 1. The van der Waals surface area contributed by atoms with Crippen LogP contribution in [-0.2, 0) is 13.0 Å². The maximum Gasteiger partial charge on any atom is 0.183 e. The number of thiazole rings is 1. The molecule has 0 unspecified atom stereocenters. The van der Waals surface area contributed by atoms with Gasteiger partial charge in [-0.15, -0.1) is 11.3 Å². The molecule has 0 bridgehead atoms. The van der Waals surface area contributed by atoms with Gasteiger partial charge in [-0.2, -0.15) is 0 Å². The first kappa shape index (κ1) is 12.1. The smallest absolute Gasteiger partial charge is 0.183 e. The van der Waals surface area contributed by atoms with Crippen LogP contribution >= 0.6 is 11.3 Å². The summed E-state index contributed by atoms with van der Waals surface area (Å²) in [6.45, 7) is 7.17. The SMILES string of the molecule is CCc1ccc(CNc2nc(C)c(C)s2)cc1. The van der Waals surface area contributed by atoms with E-state index in [1.54, 1.807) is 11.3 Å². The first-order valence-corrected chi connectivity index (χ1v) is 6.76. The molecule has 2 nitrogen and oxygen atoms in total. The molecular formula is C14H18N2S. The van der Waals surface area contributed by atoms with Gasteiger partial charge in [0, 0.05) is 11.4 Å². The molecule has 1 aromatic carbocycles. The van der Waals surface area contributed by atoms with Crippen molar-refractivity contribution in [1.29, 1.82) is 0 Å². The van der Waals surface area contributed by atoms with E-state index >= 15 is 0 Å². The van der Waals surface area contributed by atoms with E-state index in [0.717, 1.165) is 23.8 Å². The summed E-state index contributed by atoms with van der Waals surface area (Å²) < 4.78 is 0. The van der Waals surface area contributed by atoms with Crippen molar-refractivity contribution in [2.24, 2.45) is 0 Å². The van der Waals surface area contributed by atoms with Gasteiger partial charge in [0.15, 0.2) is 5.13 Å². The molecule has 1 N–H and O–H groups in total. The van der Waals surface area contributed by atoms with E-state index in [2.05, 4.69) is 48.4 Å². The van der Waals surface area contributed by atoms with Gasteiger partial charge >= 0.3 is 0 Å². The van der Waals surface area contributed by atoms with Crippen molar-refractivity contribution in [3.63, 3.8) is 0 Å². The minimum Gasteiger partial charge on any atom is -0.357 e. The predicted molar refractivity (Wildman–Crippen MR) is 74.7 cm³/mol. The summed E-state index contributed by atoms with van der Waals surface area (Å²) in [4.78, 5) is 5.75. The third-order valence-corrected chi connectivity index (χ3v) is 3.93. The molecule has 3 heteroatoms. The van der Waals surface area contributed by atoms with Crippen LogP contribution in [0.1, 0.15) is 28.6 Å². The Morgan fingerprint density at radius 1 is 1.12 bits per heavy atom. The van der Waals surface area contributed by atoms with E-state index < -0.39 is 0 Å². The zero-order chi connectivity index (χ0) is 12.3. The van der Waals surface area contributed by atoms with Crippen molar-refractivity contribution in [1.82, 2.24) is 4.98 Å². The number of hydrogen-bond acceptors (Lipinski definition) is 3. The topological polar surface area (TPSA) is 24.9 Å². The third-order valence-electron chi connectivity index (χ3n) is 2.90. The zero-order valence-corrected chi connectivity index (χ0v) is 11.4. The Morgan fingerprint density at radius 3 is 2.29 bits per heavy atom. The van der Waals surface area contributed by atoms with Gasteiger partial charge in [-0.1, -0.05) is 31.2 Å². The zero-order valence-electron chi connectivity index (χ0n) is 10.6. The van der Waals surface area contributed by atoms with Crippen LogP contribution in [-0.4, -0.2) is 4.98 Å². The number of aromatic nitrogens is 1. The number of rotatable bonds is 4. The molecule has 2 aromatic rings. The number of aryl methyl sites for hydroxylation is 3. The van der Waals surface area contributed by atoms with Gasteiger partial charge in [0.2, 0.25) is 0 Å². The molecular weight excluding hydrogens is 228 g/mol. The summed E-state index contributed by atoms with van der Waals surface area (Å²) >= 11 is 1.72. The lowest BCUT2D eigenvalue weighted by molar-refractivity contribution is 1.09. The molecule has 0 spiro atoms. The summed E-state index contributed by atoms with van der Waals surface area (Å²) in [7, 11) is 0. The fraction of sp³-hybridized carbons (Fsp3) is 0.357. The second kappa shape index (κ2) is 5.32. The molecule has 2 rings (SSSR count). The minimum atomic E-state index is 0.844. The van der Waals surface area contributed by atoms with Crippen LogP contribution in [0.5, 0.6) is 0 Å². The molecule has 0 aliphatic heterocycles. The predicted octanol–water partition coefficient (Wildman–Crippen LogP) is 3.93. The Hall–Kier alpha value is -1.35. The van der Waals surface area contributed by atoms with Gasteiger partial charge in [-0.3, -0.25) is 0 Å². The Kier molecular flexibility index (Phi) is 3.79. The fourth-order valence-electron chi connectivity index (χ4n) is 1.62. The van der Waals surface area contributed by atoms with E-state index in [9.17, 15) is 0 Å². The fourth-order valence-corrected chi connectivity index (χ4v) is 2.43. The first-order chi connectivity index (χ1) is 8.19. The van der Waals surface area contributed by atoms with Crippen molar-refractivity contribution in [3.8, 4) is 0 Å². The Balaban J connectivity index is 1.97. The van der Waals surface area contributed by atoms with E-state index in [1.165, 1.54) is 16.0 Å². The quantitative estimate of drug-likeness (QED) is 0.884. The molecule has 0 atom stereocenters. The second-order valence-corrected chi connectivity index (χ2v) is 5.39. The summed E-state index contributed by atoms with van der Waals surface area (Å²) in [5, 5.41) is 4.38. The molecule has 17 heavy (non-hydrogen) atoms. The van der Waals surface area contributed by atoms with Gasteiger partial charge < -0.3 is 5.32 Å². The molecule has 0 saturated carbocycles. The normalized spacial score (nSPS) is 10.5. The summed E-state index contributed by atoms with van der Waals surface area (Å²) in [5.41, 5.74) is 3.81. The van der Waals surface area contributed by atoms with Crippen molar-refractivity contribution in [2.75, 3.05) is 5.32 Å². The van der Waals surface area contributed by atoms with Crippen molar-refractivity contribution in [2.45, 2.75) is 33.7 Å². The average molecular weight is 246 g/mol. The van der Waals surface area contributed by atoms with E-state index in [0.29, 0.717) is 0 Å². The van der Waals surface area contributed by atoms with E-state index in [-0.39, 0.29) is 0 Å². The van der Waals surface area contributed by atoms with Gasteiger partial charge in [0.1, 0.15) is 0 Å². The van der Waals surface area contributed by atoms with Crippen molar-refractivity contribution < 1.29 is 0 Å². The van der Waals surface area contributed by atoms with Crippen LogP contribution in [0.4, 0.5) is 5.13 Å². The summed E-state index contributed by atoms with van der Waals surface area (Å²) in [6.07, 6.45) is 1.10. The number of nitrogens with zero attached hydrogens (tertiary/aromatic N) is 1. The van der Waals surface area contributed by atoms with Gasteiger partial charge in [0.25, 0.3) is 0 Å². The summed E-state index contributed by atoms with van der Waals surface area (Å²) in [5.74, 6) is 0. The van der Waals surface area contributed by atoms with E-state index in [1.807, 2.05) is 6.92 Å². The van der Waals surface area contributed by atoms with E-state index in [4.69, 9.17) is 0 Å². The standard InChI is InChI=1S/C14H18N2S/c1-4-12-5-7-13(8-6-12)9-15-14-16-10(2)11(3)17-14/h5-8H,4,9H2,1-3H3,(H,15,16). The molecule has 0 aliphatic rings. The molecule has 1 heterocycles. The highest BCUT2D eigenvalue weighted by Gasteiger charge is 2.02. The summed E-state index contributed by atoms with van der Waals surface area (Å²) in [6, 6.07) is 8.74. The lowest BCUT2D eigenvalue weighted by Crippen LogP contribution is -1.98. The lowest BCUT2D eigenvalue weighted by atomic mass is 10.1. The Labute approximate surface area is 107 Å². The molecule has 0 radical (unpaired) electrons. The number of hydrogen-bond donors (Lipinski definition) is 1. The van der Waals surface area contributed by atoms with Crippen LogP contribution in [0.15, 0.2) is 24.3 Å². The third kappa shape index (κ3) is 3.07. The van der Waals surface area contributed by atoms with Crippen LogP contribution in [0.25, 0.3) is 0 Å². The molecule has 90 valence electrons. The number of benzene rings is 1. The van der Waals surface area contributed by atoms with Gasteiger partial charge in [0.05, 0.1) is 5.69 Å². The highest BCUT2D eigenvalue weighted by atomic mass is 32.1. The number of nitrogens with one attached hydrogen (secondary N) is 1. The maximum atomic E-state index is 4.47. The lowest BCUT2D eigenvalue weighted by Gasteiger charge is -2.03. The molecule has 0 aliphatic carbocycles. The van der Waals surface area contributed by atoms with Gasteiger partial charge in [-0.05, 0) is 31.4 Å². The Bertz CT molecular complexity index is 466. The minimum absolute atomic E-state index is 0.844. The maximum absolute atomic E-state index is 4.47. The van der Waals surface area contributed by atoms with Crippen molar-refractivity contribution >= 4 is 16.5 Å². The monoisotopic (exact) mass is 246 g/mol. The molecule has 0 saturated heterocycles. The average Bonchev–Trinajstić information content (AvgIpc) is 2.67. The highest BCUT2D eigenvalue weighted by molar-refractivity contribution is 7.15. The molecule has 0 amide bonds. The first-order valence-electron chi connectivity index (χ1n) is 5.94. The Morgan fingerprint density at radius 2 is 1.76 bits per heavy atom. The van der Waals surface area contributed by atoms with Crippen LogP contribution in [0, 0.1) is 13.8 Å². The van der Waals surface area contributed by atoms with Crippen LogP contribution < -0.4 is 5.32 Å². The van der Waals surface area contributed by atoms with Gasteiger partial charge in [-0.25, -0.2) is 4.98 Å². The highest BCUT2D eigenvalue weighted by Crippen LogP contribution is 2.21. The second-order valence-electron chi connectivity index (χ2n) is 4.18. The molecule has 0 fully saturated rings. The van der Waals surface area contributed by atoms with Crippen LogP contribution in [0.2, 0.25) is 0 Å². The van der Waals surface area contributed by atoms with Crippen LogP contribution in [0.3, 0.4) is 0 Å². The molecule has 1 aromatic heterocycles. The largest absolute Gasteiger partial charge is 0.357 e.